The fraction of sp³-hybridized carbons (Fsp3) is 0.944. The van der Waals surface area contributed by atoms with Gasteiger partial charge in [0.05, 0.1) is 12.2 Å². The van der Waals surface area contributed by atoms with Crippen molar-refractivity contribution in [2.75, 3.05) is 0 Å². The predicted octanol–water partition coefficient (Wildman–Crippen LogP) is 3.07. The quantitative estimate of drug-likeness (QED) is 0.819. The van der Waals surface area contributed by atoms with Crippen LogP contribution in [0, 0.1) is 23.2 Å². The molecule has 0 bridgehead atoms. The molecule has 0 aliphatic heterocycles. The molecule has 3 aliphatic carbocycles. The maximum atomic E-state index is 11.9. The average Bonchev–Trinajstić information content (AvgIpc) is 2.95. The van der Waals surface area contributed by atoms with E-state index in [1.54, 1.807) is 0 Å². The Balaban J connectivity index is 1.50. The van der Waals surface area contributed by atoms with E-state index in [2.05, 4.69) is 6.92 Å². The summed E-state index contributed by atoms with van der Waals surface area (Å²) in [5, 5.41) is 20.6. The Bertz CT molecular complexity index is 388. The van der Waals surface area contributed by atoms with Crippen LogP contribution >= 0.6 is 0 Å². The van der Waals surface area contributed by atoms with E-state index in [1.807, 2.05) is 0 Å². The number of aliphatic hydroxyl groups excluding tert-OH is 2. The third kappa shape index (κ3) is 2.92. The summed E-state index contributed by atoms with van der Waals surface area (Å²) in [4.78, 5) is 11.9. The van der Waals surface area contributed by atoms with E-state index in [4.69, 9.17) is 0 Å². The van der Waals surface area contributed by atoms with Crippen molar-refractivity contribution in [2.45, 2.75) is 83.3 Å². The second-order valence-corrected chi connectivity index (χ2v) is 8.04. The van der Waals surface area contributed by atoms with Crippen molar-refractivity contribution in [3.8, 4) is 0 Å². The lowest BCUT2D eigenvalue weighted by molar-refractivity contribution is -0.161. The van der Waals surface area contributed by atoms with Crippen LogP contribution < -0.4 is 0 Å². The normalized spacial score (nSPS) is 41.7. The first kappa shape index (κ1) is 15.5. The number of ketones is 1. The highest BCUT2D eigenvalue weighted by Gasteiger charge is 2.57. The van der Waals surface area contributed by atoms with Gasteiger partial charge in [0.25, 0.3) is 0 Å². The first-order valence-corrected chi connectivity index (χ1v) is 8.90. The topological polar surface area (TPSA) is 57.5 Å². The second kappa shape index (κ2) is 6.00. The number of carbonyl (C=O) groups excluding carboxylic acids is 1. The third-order valence-corrected chi connectivity index (χ3v) is 6.74. The highest BCUT2D eigenvalue weighted by Crippen LogP contribution is 2.56. The van der Waals surface area contributed by atoms with Crippen molar-refractivity contribution < 1.29 is 15.0 Å². The highest BCUT2D eigenvalue weighted by atomic mass is 16.3. The van der Waals surface area contributed by atoms with Crippen molar-refractivity contribution in [2.24, 2.45) is 23.2 Å². The molecule has 2 N–H and O–H groups in total. The molecule has 0 spiro atoms. The molecule has 3 nitrogen and oxygen atoms in total. The second-order valence-electron chi connectivity index (χ2n) is 8.04. The molecular weight excluding hydrogens is 264 g/mol. The number of Topliss-reactive ketones (excluding diaryl/α,β-unsaturated/α-hetero) is 1. The van der Waals surface area contributed by atoms with Gasteiger partial charge in [-0.2, -0.15) is 0 Å². The summed E-state index contributed by atoms with van der Waals surface area (Å²) in [5.41, 5.74) is -0.166. The first-order chi connectivity index (χ1) is 10.0. The van der Waals surface area contributed by atoms with Gasteiger partial charge >= 0.3 is 0 Å². The summed E-state index contributed by atoms with van der Waals surface area (Å²) in [7, 11) is 0. The molecule has 3 saturated carbocycles. The molecule has 0 radical (unpaired) electrons. The fourth-order valence-corrected chi connectivity index (χ4v) is 5.14. The summed E-state index contributed by atoms with van der Waals surface area (Å²) in [6.45, 7) is 2.08. The lowest BCUT2D eigenvalue weighted by Crippen LogP contribution is -2.57. The molecule has 3 heteroatoms. The largest absolute Gasteiger partial charge is 0.393 e. The maximum Gasteiger partial charge on any atom is 0.139 e. The number of hydrogen-bond acceptors (Lipinski definition) is 3. The van der Waals surface area contributed by atoms with Crippen LogP contribution in [0.4, 0.5) is 0 Å². The Hall–Kier alpha value is -0.410. The monoisotopic (exact) mass is 294 g/mol. The molecule has 120 valence electrons. The zero-order chi connectivity index (χ0) is 15.0. The molecule has 0 amide bonds. The molecule has 0 unspecified atom stereocenters. The Morgan fingerprint density at radius 3 is 2.67 bits per heavy atom. The minimum atomic E-state index is -0.269. The van der Waals surface area contributed by atoms with Crippen LogP contribution in [0.25, 0.3) is 0 Å². The van der Waals surface area contributed by atoms with Gasteiger partial charge in [0.2, 0.25) is 0 Å². The summed E-state index contributed by atoms with van der Waals surface area (Å²) in [5.74, 6) is 1.68. The summed E-state index contributed by atoms with van der Waals surface area (Å²) >= 11 is 0. The Labute approximate surface area is 128 Å². The van der Waals surface area contributed by atoms with Crippen molar-refractivity contribution in [1.29, 1.82) is 0 Å². The van der Waals surface area contributed by atoms with Crippen LogP contribution in [0.1, 0.15) is 71.1 Å². The fourth-order valence-electron chi connectivity index (χ4n) is 5.14. The Morgan fingerprint density at radius 1 is 1.29 bits per heavy atom. The lowest BCUT2D eigenvalue weighted by Gasteiger charge is -2.54. The van der Waals surface area contributed by atoms with E-state index >= 15 is 0 Å². The third-order valence-electron chi connectivity index (χ3n) is 6.74. The van der Waals surface area contributed by atoms with Gasteiger partial charge in [-0.05, 0) is 49.9 Å². The molecule has 5 atom stereocenters. The van der Waals surface area contributed by atoms with Gasteiger partial charge in [0.1, 0.15) is 5.78 Å². The van der Waals surface area contributed by atoms with Gasteiger partial charge in [0, 0.05) is 11.8 Å². The van der Waals surface area contributed by atoms with Crippen LogP contribution in [-0.2, 0) is 4.79 Å². The van der Waals surface area contributed by atoms with E-state index in [0.29, 0.717) is 24.0 Å². The molecule has 0 heterocycles. The maximum absolute atomic E-state index is 11.9. The Kier molecular flexibility index (Phi) is 4.42. The van der Waals surface area contributed by atoms with Crippen LogP contribution in [-0.4, -0.2) is 28.2 Å². The molecule has 0 aromatic rings. The zero-order valence-corrected chi connectivity index (χ0v) is 13.3. The van der Waals surface area contributed by atoms with E-state index in [-0.39, 0.29) is 23.5 Å². The Morgan fingerprint density at radius 2 is 2.00 bits per heavy atom. The van der Waals surface area contributed by atoms with Crippen molar-refractivity contribution in [3.05, 3.63) is 0 Å². The minimum absolute atomic E-state index is 0.166. The lowest BCUT2D eigenvalue weighted by atomic mass is 9.49. The van der Waals surface area contributed by atoms with Crippen molar-refractivity contribution in [1.82, 2.24) is 0 Å². The highest BCUT2D eigenvalue weighted by molar-refractivity contribution is 5.91. The van der Waals surface area contributed by atoms with E-state index in [9.17, 15) is 15.0 Å². The number of rotatable bonds is 5. The van der Waals surface area contributed by atoms with Crippen molar-refractivity contribution >= 4 is 5.78 Å². The SMILES string of the molecule is C[C@@]12CC[C@H](O)[C@@H](CC[C@H](O)CC3CCCC3)[C@@H]1CC2=O. The summed E-state index contributed by atoms with van der Waals surface area (Å²) in [6, 6.07) is 0. The minimum Gasteiger partial charge on any atom is -0.393 e. The zero-order valence-electron chi connectivity index (χ0n) is 13.3. The number of hydrogen-bond donors (Lipinski definition) is 2. The van der Waals surface area contributed by atoms with Crippen LogP contribution in [0.2, 0.25) is 0 Å². The van der Waals surface area contributed by atoms with Crippen LogP contribution in [0.5, 0.6) is 0 Å². The first-order valence-electron chi connectivity index (χ1n) is 8.90. The van der Waals surface area contributed by atoms with Gasteiger partial charge in [-0.25, -0.2) is 0 Å². The van der Waals surface area contributed by atoms with Gasteiger partial charge in [-0.15, -0.1) is 0 Å². The van der Waals surface area contributed by atoms with Gasteiger partial charge < -0.3 is 10.2 Å². The van der Waals surface area contributed by atoms with Crippen LogP contribution in [0.15, 0.2) is 0 Å². The van der Waals surface area contributed by atoms with E-state index in [1.165, 1.54) is 25.7 Å². The molecule has 0 aromatic carbocycles. The molecule has 0 aromatic heterocycles. The van der Waals surface area contributed by atoms with Crippen molar-refractivity contribution in [3.63, 3.8) is 0 Å². The molecule has 0 saturated heterocycles. The summed E-state index contributed by atoms with van der Waals surface area (Å²) < 4.78 is 0. The number of aliphatic hydroxyl groups is 2. The molecular formula is C18H30O3. The average molecular weight is 294 g/mol. The molecule has 3 fully saturated rings. The predicted molar refractivity (Wildman–Crippen MR) is 81.8 cm³/mol. The summed E-state index contributed by atoms with van der Waals surface area (Å²) in [6.07, 6.45) is 9.56. The van der Waals surface area contributed by atoms with Crippen LogP contribution in [0.3, 0.4) is 0 Å². The van der Waals surface area contributed by atoms with Gasteiger partial charge in [0.15, 0.2) is 0 Å². The molecule has 21 heavy (non-hydrogen) atoms. The number of fused-ring (bicyclic) bond motifs is 1. The standard InChI is InChI=1S/C18H30O3/c1-18-9-8-16(20)14(15(18)11-17(18)21)7-6-13(19)10-12-4-2-3-5-12/h12-16,19-20H,2-11H2,1H3/t13-,14-,15-,16-,18+/m0/s1. The van der Waals surface area contributed by atoms with E-state index in [0.717, 1.165) is 32.1 Å². The number of carbonyl (C=O) groups is 1. The van der Waals surface area contributed by atoms with E-state index < -0.39 is 0 Å². The van der Waals surface area contributed by atoms with Gasteiger partial charge in [-0.1, -0.05) is 32.6 Å². The molecule has 3 rings (SSSR count). The molecule has 3 aliphatic rings. The van der Waals surface area contributed by atoms with Gasteiger partial charge in [-0.3, -0.25) is 4.79 Å². The smallest absolute Gasteiger partial charge is 0.139 e.